The lowest BCUT2D eigenvalue weighted by atomic mass is 10.1. The van der Waals surface area contributed by atoms with E-state index in [1.165, 1.54) is 12.1 Å². The van der Waals surface area contributed by atoms with Crippen LogP contribution < -0.4 is 10.6 Å². The second kappa shape index (κ2) is 9.17. The number of nitrogens with one attached hydrogen (secondary N) is 2. The average molecular weight is 377 g/mol. The first kappa shape index (κ1) is 19.7. The van der Waals surface area contributed by atoms with E-state index in [9.17, 15) is 14.9 Å². The van der Waals surface area contributed by atoms with E-state index in [2.05, 4.69) is 10.6 Å². The van der Waals surface area contributed by atoms with Crippen LogP contribution in [0.2, 0.25) is 0 Å². The molecule has 26 heavy (non-hydrogen) atoms. The molecular weight excluding hydrogens is 356 g/mol. The molecule has 0 saturated carbocycles. The van der Waals surface area contributed by atoms with Crippen molar-refractivity contribution in [3.8, 4) is 0 Å². The number of nitrogens with zero attached hydrogens (tertiary/aromatic N) is 2. The summed E-state index contributed by atoms with van der Waals surface area (Å²) in [6.07, 6.45) is 0. The van der Waals surface area contributed by atoms with Gasteiger partial charge in [0.25, 0.3) is 11.6 Å². The van der Waals surface area contributed by atoms with Crippen LogP contribution in [0.4, 0.5) is 11.4 Å². The number of benzene rings is 2. The third kappa shape index (κ3) is 4.71. The second-order valence-corrected chi connectivity index (χ2v) is 5.87. The number of non-ortho nitro benzene ring substituents is 1. The highest BCUT2D eigenvalue weighted by molar-refractivity contribution is 6.00. The summed E-state index contributed by atoms with van der Waals surface area (Å²) >= 11 is 0. The molecule has 0 aliphatic carbocycles. The minimum atomic E-state index is -0.477. The Labute approximate surface area is 157 Å². The number of amides is 1. The zero-order chi connectivity index (χ0) is 17.6. The summed E-state index contributed by atoms with van der Waals surface area (Å²) in [6, 6.07) is 14.2. The Morgan fingerprint density at radius 3 is 2.50 bits per heavy atom. The second-order valence-electron chi connectivity index (χ2n) is 5.87. The normalized spacial score (nSPS) is 13.6. The van der Waals surface area contributed by atoms with Gasteiger partial charge in [-0.3, -0.25) is 14.9 Å². The summed E-state index contributed by atoms with van der Waals surface area (Å²) in [6.45, 7) is 3.20. The lowest BCUT2D eigenvalue weighted by Crippen LogP contribution is -2.46. The van der Waals surface area contributed by atoms with E-state index in [0.717, 1.165) is 18.7 Å². The van der Waals surface area contributed by atoms with Gasteiger partial charge >= 0.3 is 0 Å². The molecule has 138 valence electrons. The number of nitro groups is 1. The lowest BCUT2D eigenvalue weighted by Gasteiger charge is -2.28. The number of hydrogen-bond acceptors (Lipinski definition) is 5. The number of carbonyl (C=O) groups is 1. The number of anilines is 1. The van der Waals surface area contributed by atoms with Crippen LogP contribution in [0.3, 0.4) is 0 Å². The predicted molar refractivity (Wildman–Crippen MR) is 103 cm³/mol. The van der Waals surface area contributed by atoms with Crippen LogP contribution in [0.1, 0.15) is 15.9 Å². The largest absolute Gasteiger partial charge is 0.380 e. The van der Waals surface area contributed by atoms with E-state index in [1.807, 2.05) is 30.3 Å². The molecule has 0 atom stereocenters. The van der Waals surface area contributed by atoms with Crippen molar-refractivity contribution < 1.29 is 9.72 Å². The average Bonchev–Trinajstić information content (AvgIpc) is 2.67. The smallest absolute Gasteiger partial charge is 0.270 e. The van der Waals surface area contributed by atoms with Gasteiger partial charge in [-0.25, -0.2) is 0 Å². The minimum Gasteiger partial charge on any atom is -0.380 e. The van der Waals surface area contributed by atoms with Gasteiger partial charge in [0.1, 0.15) is 0 Å². The molecule has 7 nitrogen and oxygen atoms in total. The molecule has 1 aliphatic heterocycles. The molecule has 0 bridgehead atoms. The van der Waals surface area contributed by atoms with Crippen molar-refractivity contribution in [1.29, 1.82) is 0 Å². The fraction of sp³-hybridized carbons (Fsp3) is 0.278. The van der Waals surface area contributed by atoms with Crippen molar-refractivity contribution in [1.82, 2.24) is 10.2 Å². The molecule has 2 aromatic carbocycles. The zero-order valence-electron chi connectivity index (χ0n) is 14.2. The molecule has 0 unspecified atom stereocenters. The summed E-state index contributed by atoms with van der Waals surface area (Å²) in [5, 5.41) is 17.5. The van der Waals surface area contributed by atoms with Crippen LogP contribution in [0.5, 0.6) is 0 Å². The summed E-state index contributed by atoms with van der Waals surface area (Å²) in [5.74, 6) is -0.180. The van der Waals surface area contributed by atoms with E-state index in [0.29, 0.717) is 30.9 Å². The van der Waals surface area contributed by atoms with Gasteiger partial charge in [-0.2, -0.15) is 0 Å². The molecule has 1 amide bonds. The van der Waals surface area contributed by atoms with Crippen LogP contribution in [-0.2, 0) is 6.54 Å². The predicted octanol–water partition coefficient (Wildman–Crippen LogP) is 2.67. The molecule has 1 fully saturated rings. The monoisotopic (exact) mass is 376 g/mol. The van der Waals surface area contributed by atoms with Gasteiger partial charge in [0, 0.05) is 50.5 Å². The van der Waals surface area contributed by atoms with Gasteiger partial charge in [-0.15, -0.1) is 12.4 Å². The summed E-state index contributed by atoms with van der Waals surface area (Å²) < 4.78 is 0. The molecule has 0 spiro atoms. The van der Waals surface area contributed by atoms with Gasteiger partial charge < -0.3 is 15.5 Å². The molecule has 3 rings (SSSR count). The Bertz CT molecular complexity index is 764. The quantitative estimate of drug-likeness (QED) is 0.618. The first-order valence-electron chi connectivity index (χ1n) is 8.21. The molecule has 0 aromatic heterocycles. The third-order valence-corrected chi connectivity index (χ3v) is 4.17. The third-order valence-electron chi connectivity index (χ3n) is 4.17. The first-order valence-corrected chi connectivity index (χ1v) is 8.21. The Kier molecular flexibility index (Phi) is 6.94. The zero-order valence-corrected chi connectivity index (χ0v) is 15.0. The van der Waals surface area contributed by atoms with Gasteiger partial charge in [0.2, 0.25) is 0 Å². The Morgan fingerprint density at radius 2 is 1.85 bits per heavy atom. The molecule has 2 aromatic rings. The number of nitro benzene ring substituents is 1. The van der Waals surface area contributed by atoms with Crippen LogP contribution in [0.15, 0.2) is 48.5 Å². The fourth-order valence-electron chi connectivity index (χ4n) is 2.81. The van der Waals surface area contributed by atoms with Crippen molar-refractivity contribution >= 4 is 29.7 Å². The standard InChI is InChI=1S/C18H20N4O3.ClH/c23-18(21-10-8-19-9-11-21)16-12-15(22(24)25)6-7-17(16)20-13-14-4-2-1-3-5-14;/h1-7,12,19-20H,8-11,13H2;1H. The van der Waals surface area contributed by atoms with Crippen molar-refractivity contribution in [3.05, 3.63) is 69.8 Å². The molecule has 8 heteroatoms. The highest BCUT2D eigenvalue weighted by Crippen LogP contribution is 2.24. The van der Waals surface area contributed by atoms with E-state index < -0.39 is 4.92 Å². The van der Waals surface area contributed by atoms with Crippen molar-refractivity contribution in [2.24, 2.45) is 0 Å². The maximum atomic E-state index is 12.8. The van der Waals surface area contributed by atoms with Gasteiger partial charge in [-0.05, 0) is 11.6 Å². The van der Waals surface area contributed by atoms with Gasteiger partial charge in [0.15, 0.2) is 0 Å². The summed E-state index contributed by atoms with van der Waals surface area (Å²) in [4.78, 5) is 25.2. The number of hydrogen-bond donors (Lipinski definition) is 2. The summed E-state index contributed by atoms with van der Waals surface area (Å²) in [5.41, 5.74) is 1.94. The van der Waals surface area contributed by atoms with Crippen LogP contribution in [0.25, 0.3) is 0 Å². The van der Waals surface area contributed by atoms with Crippen molar-refractivity contribution in [3.63, 3.8) is 0 Å². The maximum Gasteiger partial charge on any atom is 0.270 e. The SMILES string of the molecule is Cl.O=C(c1cc([N+](=O)[O-])ccc1NCc1ccccc1)N1CCNCC1. The molecule has 1 heterocycles. The first-order chi connectivity index (χ1) is 12.1. The molecule has 1 saturated heterocycles. The molecule has 0 radical (unpaired) electrons. The van der Waals surface area contributed by atoms with Crippen LogP contribution in [-0.4, -0.2) is 41.9 Å². The Morgan fingerprint density at radius 1 is 1.15 bits per heavy atom. The molecule has 1 aliphatic rings. The van der Waals surface area contributed by atoms with Gasteiger partial charge in [0.05, 0.1) is 10.5 Å². The Hall–Kier alpha value is -2.64. The number of halogens is 1. The molecular formula is C18H21ClN4O3. The Balaban J connectivity index is 0.00000243. The highest BCUT2D eigenvalue weighted by Gasteiger charge is 2.23. The van der Waals surface area contributed by atoms with Gasteiger partial charge in [-0.1, -0.05) is 30.3 Å². The fourth-order valence-corrected chi connectivity index (χ4v) is 2.81. The van der Waals surface area contributed by atoms with Crippen LogP contribution >= 0.6 is 12.4 Å². The maximum absolute atomic E-state index is 12.8. The molecule has 2 N–H and O–H groups in total. The van der Waals surface area contributed by atoms with E-state index >= 15 is 0 Å². The van der Waals surface area contributed by atoms with Crippen molar-refractivity contribution in [2.75, 3.05) is 31.5 Å². The van der Waals surface area contributed by atoms with E-state index in [-0.39, 0.29) is 24.0 Å². The number of piperazine rings is 1. The minimum absolute atomic E-state index is 0. The van der Waals surface area contributed by atoms with Crippen LogP contribution in [0, 0.1) is 10.1 Å². The van der Waals surface area contributed by atoms with E-state index in [1.54, 1.807) is 11.0 Å². The number of rotatable bonds is 5. The summed E-state index contributed by atoms with van der Waals surface area (Å²) in [7, 11) is 0. The topological polar surface area (TPSA) is 87.5 Å². The van der Waals surface area contributed by atoms with E-state index in [4.69, 9.17) is 0 Å². The highest BCUT2D eigenvalue weighted by atomic mass is 35.5. The van der Waals surface area contributed by atoms with Crippen molar-refractivity contribution in [2.45, 2.75) is 6.54 Å². The number of carbonyl (C=O) groups excluding carboxylic acids is 1. The lowest BCUT2D eigenvalue weighted by molar-refractivity contribution is -0.384.